The monoisotopic (exact) mass is 490 g/mol. The number of pyridine rings is 1. The van der Waals surface area contributed by atoms with Crippen LogP contribution in [0.25, 0.3) is 5.57 Å². The molecule has 1 saturated heterocycles. The van der Waals surface area contributed by atoms with Crippen LogP contribution in [-0.2, 0) is 11.2 Å². The molecule has 182 valence electrons. The molecule has 2 aromatic rings. The lowest BCUT2D eigenvalue weighted by Crippen LogP contribution is -2.46. The van der Waals surface area contributed by atoms with Gasteiger partial charge in [-0.15, -0.1) is 0 Å². The molecule has 1 atom stereocenters. The number of hydrogen-bond acceptors (Lipinski definition) is 6. The summed E-state index contributed by atoms with van der Waals surface area (Å²) in [6, 6.07) is 9.55. The van der Waals surface area contributed by atoms with Crippen LogP contribution < -0.4 is 10.5 Å². The van der Waals surface area contributed by atoms with Crippen LogP contribution in [0.1, 0.15) is 30.4 Å². The SMILES string of the molecule is O=C(CCN1CCC[C@@H]1CN1C=C(Cc2ccc(Cl)cc2)c2ccncc2N1[O-])NCC(F)F. The van der Waals surface area contributed by atoms with Gasteiger partial charge in [0.15, 0.2) is 0 Å². The highest BCUT2D eigenvalue weighted by molar-refractivity contribution is 6.30. The van der Waals surface area contributed by atoms with Crippen LogP contribution in [0.4, 0.5) is 14.5 Å². The van der Waals surface area contributed by atoms with Gasteiger partial charge in [0, 0.05) is 42.0 Å². The Bertz CT molecular complexity index is 1020. The van der Waals surface area contributed by atoms with E-state index in [2.05, 4.69) is 15.2 Å². The van der Waals surface area contributed by atoms with E-state index in [0.29, 0.717) is 30.2 Å². The summed E-state index contributed by atoms with van der Waals surface area (Å²) < 4.78 is 24.6. The van der Waals surface area contributed by atoms with Gasteiger partial charge in [-0.2, -0.15) is 0 Å². The van der Waals surface area contributed by atoms with Crippen LogP contribution in [0.5, 0.6) is 0 Å². The van der Waals surface area contributed by atoms with Gasteiger partial charge in [0.2, 0.25) is 5.91 Å². The Labute approximate surface area is 202 Å². The quantitative estimate of drug-likeness (QED) is 0.570. The molecular formula is C24H27ClF2N5O2-. The fraction of sp³-hybridized carbons (Fsp3) is 0.417. The molecule has 1 N–H and O–H groups in total. The zero-order chi connectivity index (χ0) is 24.1. The third kappa shape index (κ3) is 6.02. The molecule has 7 nitrogen and oxygen atoms in total. The summed E-state index contributed by atoms with van der Waals surface area (Å²) >= 11 is 6.02. The van der Waals surface area contributed by atoms with Crippen molar-refractivity contribution in [3.05, 3.63) is 70.3 Å². The van der Waals surface area contributed by atoms with Crippen molar-refractivity contribution in [3.8, 4) is 0 Å². The predicted molar refractivity (Wildman–Crippen MR) is 128 cm³/mol. The second-order valence-corrected chi connectivity index (χ2v) is 8.96. The number of fused-ring (bicyclic) bond motifs is 1. The van der Waals surface area contributed by atoms with Crippen LogP contribution >= 0.6 is 11.6 Å². The first-order valence-electron chi connectivity index (χ1n) is 11.3. The number of hydrazine groups is 1. The molecule has 0 spiro atoms. The number of hydrogen-bond donors (Lipinski definition) is 1. The van der Waals surface area contributed by atoms with E-state index in [1.165, 1.54) is 0 Å². The Balaban J connectivity index is 1.45. The van der Waals surface area contributed by atoms with E-state index < -0.39 is 13.0 Å². The summed E-state index contributed by atoms with van der Waals surface area (Å²) in [6.07, 6.45) is 5.21. The Kier molecular flexibility index (Phi) is 7.97. The predicted octanol–water partition coefficient (Wildman–Crippen LogP) is 4.09. The normalized spacial score (nSPS) is 18.3. The van der Waals surface area contributed by atoms with Gasteiger partial charge in [-0.25, -0.2) is 8.78 Å². The van der Waals surface area contributed by atoms with Crippen molar-refractivity contribution >= 4 is 28.8 Å². The van der Waals surface area contributed by atoms with Crippen molar-refractivity contribution < 1.29 is 13.6 Å². The van der Waals surface area contributed by atoms with Gasteiger partial charge >= 0.3 is 0 Å². The third-order valence-corrected chi connectivity index (χ3v) is 6.43. The van der Waals surface area contributed by atoms with E-state index in [0.717, 1.165) is 41.3 Å². The molecule has 0 aliphatic carbocycles. The van der Waals surface area contributed by atoms with E-state index >= 15 is 0 Å². The largest absolute Gasteiger partial charge is 0.738 e. The van der Waals surface area contributed by atoms with Crippen LogP contribution in [-0.4, -0.2) is 59.4 Å². The van der Waals surface area contributed by atoms with E-state index in [1.54, 1.807) is 17.4 Å². The zero-order valence-electron chi connectivity index (χ0n) is 18.7. The van der Waals surface area contributed by atoms with E-state index in [9.17, 15) is 18.8 Å². The number of aromatic nitrogens is 1. The summed E-state index contributed by atoms with van der Waals surface area (Å²) in [6.45, 7) is 1.10. The first kappa shape index (κ1) is 24.4. The van der Waals surface area contributed by atoms with Crippen molar-refractivity contribution in [2.45, 2.75) is 38.2 Å². The Morgan fingerprint density at radius 1 is 1.26 bits per heavy atom. The summed E-state index contributed by atoms with van der Waals surface area (Å²) in [5, 5.41) is 18.6. The molecule has 0 unspecified atom stereocenters. The third-order valence-electron chi connectivity index (χ3n) is 6.17. The molecule has 0 radical (unpaired) electrons. The van der Waals surface area contributed by atoms with E-state index in [-0.39, 0.29) is 18.4 Å². The Hall–Kier alpha value is -2.75. The average molecular weight is 491 g/mol. The van der Waals surface area contributed by atoms with Gasteiger partial charge in [0.1, 0.15) is 0 Å². The molecule has 3 heterocycles. The smallest absolute Gasteiger partial charge is 0.255 e. The number of halogens is 3. The van der Waals surface area contributed by atoms with Crippen LogP contribution in [0.3, 0.4) is 0 Å². The van der Waals surface area contributed by atoms with Gasteiger partial charge in [0.25, 0.3) is 6.43 Å². The number of rotatable bonds is 9. The van der Waals surface area contributed by atoms with Crippen LogP contribution in [0.2, 0.25) is 5.02 Å². The summed E-state index contributed by atoms with van der Waals surface area (Å²) in [5.41, 5.74) is 3.41. The topological polar surface area (TPSA) is 74.8 Å². The number of alkyl halides is 2. The Morgan fingerprint density at radius 2 is 2.06 bits per heavy atom. The maximum Gasteiger partial charge on any atom is 0.255 e. The zero-order valence-corrected chi connectivity index (χ0v) is 19.4. The highest BCUT2D eigenvalue weighted by Crippen LogP contribution is 2.35. The molecule has 0 saturated carbocycles. The standard InChI is InChI=1S/C24H27ClF2N5O2/c25-19-5-3-17(4-6-19)12-18-15-31(32(34)22-13-28-9-7-21(18)22)16-20-2-1-10-30(20)11-8-24(33)29-14-23(26)27/h3-7,9,13,15,20,23H,1-2,8,10-12,14,16H2,(H,29,33)/q-1/t20-/m1/s1. The highest BCUT2D eigenvalue weighted by Gasteiger charge is 2.29. The maximum atomic E-state index is 13.2. The lowest BCUT2D eigenvalue weighted by atomic mass is 9.97. The number of likely N-dealkylation sites (tertiary alicyclic amines) is 1. The lowest BCUT2D eigenvalue weighted by Gasteiger charge is -2.47. The number of allylic oxidation sites excluding steroid dienone is 1. The first-order chi connectivity index (χ1) is 16.4. The summed E-state index contributed by atoms with van der Waals surface area (Å²) in [5.74, 6) is -0.389. The molecule has 34 heavy (non-hydrogen) atoms. The van der Waals surface area contributed by atoms with Gasteiger partial charge < -0.3 is 20.7 Å². The Morgan fingerprint density at radius 3 is 2.82 bits per heavy atom. The van der Waals surface area contributed by atoms with E-state index in [4.69, 9.17) is 11.6 Å². The molecule has 4 rings (SSSR count). The molecule has 1 fully saturated rings. The molecular weight excluding hydrogens is 464 g/mol. The fourth-order valence-corrected chi connectivity index (χ4v) is 4.60. The minimum atomic E-state index is -2.56. The van der Waals surface area contributed by atoms with Crippen molar-refractivity contribution in [1.82, 2.24) is 20.2 Å². The maximum absolute atomic E-state index is 13.2. The second-order valence-electron chi connectivity index (χ2n) is 8.52. The minimum absolute atomic E-state index is 0.0746. The van der Waals surface area contributed by atoms with Gasteiger partial charge in [-0.1, -0.05) is 23.7 Å². The summed E-state index contributed by atoms with van der Waals surface area (Å²) in [4.78, 5) is 18.2. The van der Waals surface area contributed by atoms with Crippen molar-refractivity contribution in [3.63, 3.8) is 0 Å². The van der Waals surface area contributed by atoms with Crippen LogP contribution in [0.15, 0.2) is 48.9 Å². The number of carbonyl (C=O) groups is 1. The number of anilines is 1. The molecule has 1 aromatic heterocycles. The second kappa shape index (κ2) is 11.1. The molecule has 10 heteroatoms. The van der Waals surface area contributed by atoms with E-state index in [1.807, 2.05) is 36.5 Å². The van der Waals surface area contributed by atoms with Gasteiger partial charge in [0.05, 0.1) is 25.0 Å². The number of nitrogens with one attached hydrogen (secondary N) is 1. The fourth-order valence-electron chi connectivity index (χ4n) is 4.48. The minimum Gasteiger partial charge on any atom is -0.738 e. The molecule has 1 aromatic carbocycles. The number of benzene rings is 1. The first-order valence-corrected chi connectivity index (χ1v) is 11.7. The molecule has 2 aliphatic heterocycles. The lowest BCUT2D eigenvalue weighted by molar-refractivity contribution is -0.122. The van der Waals surface area contributed by atoms with Crippen molar-refractivity contribution in [2.75, 3.05) is 31.4 Å². The summed E-state index contributed by atoms with van der Waals surface area (Å²) in [7, 11) is 0. The number of amides is 1. The van der Waals surface area contributed by atoms with Crippen molar-refractivity contribution in [2.24, 2.45) is 0 Å². The van der Waals surface area contributed by atoms with Crippen molar-refractivity contribution in [1.29, 1.82) is 0 Å². The van der Waals surface area contributed by atoms with Crippen LogP contribution in [0, 0.1) is 5.21 Å². The number of carbonyl (C=O) groups excluding carboxylic acids is 1. The molecule has 0 bridgehead atoms. The highest BCUT2D eigenvalue weighted by atomic mass is 35.5. The van der Waals surface area contributed by atoms with Gasteiger partial charge in [-0.3, -0.25) is 14.7 Å². The number of nitrogens with zero attached hydrogens (tertiary/aromatic N) is 4. The average Bonchev–Trinajstić information content (AvgIpc) is 3.27. The molecule has 2 aliphatic rings. The molecule has 1 amide bonds. The van der Waals surface area contributed by atoms with Gasteiger partial charge in [-0.05, 0) is 55.1 Å².